The van der Waals surface area contributed by atoms with Crippen LogP contribution in [0.5, 0.6) is 5.75 Å². The van der Waals surface area contributed by atoms with Crippen LogP contribution in [0, 0.1) is 5.82 Å². The summed E-state index contributed by atoms with van der Waals surface area (Å²) < 4.78 is 58.8. The normalized spacial score (nSPS) is 12.3. The molecule has 2 aromatic rings. The van der Waals surface area contributed by atoms with E-state index in [9.17, 15) is 22.4 Å². The minimum atomic E-state index is -4.65. The van der Waals surface area contributed by atoms with Gasteiger partial charge in [0.2, 0.25) is 0 Å². The highest BCUT2D eigenvalue weighted by atomic mass is 35.5. The van der Waals surface area contributed by atoms with Crippen LogP contribution in [-0.4, -0.2) is 19.6 Å². The van der Waals surface area contributed by atoms with Gasteiger partial charge in [0.05, 0.1) is 28.6 Å². The van der Waals surface area contributed by atoms with Crippen LogP contribution in [0.2, 0.25) is 10.0 Å². The third-order valence-electron chi connectivity index (χ3n) is 3.58. The highest BCUT2D eigenvalue weighted by Gasteiger charge is 2.39. The van der Waals surface area contributed by atoms with Gasteiger partial charge in [-0.1, -0.05) is 55.3 Å². The highest BCUT2D eigenvalue weighted by molar-refractivity contribution is 6.35. The molecule has 0 N–H and O–H groups in total. The van der Waals surface area contributed by atoms with Crippen LogP contribution in [0.15, 0.2) is 36.4 Å². The lowest BCUT2D eigenvalue weighted by Crippen LogP contribution is -2.19. The van der Waals surface area contributed by atoms with E-state index in [-0.39, 0.29) is 16.9 Å². The summed E-state index contributed by atoms with van der Waals surface area (Å²) in [4.78, 5) is 10.9. The van der Waals surface area contributed by atoms with Crippen molar-refractivity contribution in [3.05, 3.63) is 69.0 Å². The Kier molecular flexibility index (Phi) is 8.98. The number of hydrogen-bond acceptors (Lipinski definition) is 2. The van der Waals surface area contributed by atoms with Crippen molar-refractivity contribution in [2.75, 3.05) is 7.11 Å². The molecule has 0 aliphatic rings. The number of hydrogen-bond donors (Lipinski definition) is 0. The number of carbonyl (C=O) groups is 1. The highest BCUT2D eigenvalue weighted by Crippen LogP contribution is 2.39. The van der Waals surface area contributed by atoms with E-state index in [4.69, 9.17) is 27.9 Å². The molecule has 2 rings (SSSR count). The van der Waals surface area contributed by atoms with Crippen molar-refractivity contribution in [3.63, 3.8) is 0 Å². The van der Waals surface area contributed by atoms with Gasteiger partial charge in [0, 0.05) is 0 Å². The molecule has 0 saturated heterocycles. The summed E-state index contributed by atoms with van der Waals surface area (Å²) in [6, 6.07) is 6.11. The van der Waals surface area contributed by atoms with E-state index in [0.717, 1.165) is 18.2 Å². The number of halogens is 6. The number of allylic oxidation sites excluding steroid dienone is 1. The molecule has 2 aromatic carbocycles. The first-order valence-electron chi connectivity index (χ1n) is 8.20. The maximum Gasteiger partial charge on any atom is 0.399 e. The molecule has 0 fully saturated rings. The Morgan fingerprint density at radius 3 is 2.11 bits per heavy atom. The van der Waals surface area contributed by atoms with Gasteiger partial charge in [-0.3, -0.25) is 4.79 Å². The average Bonchev–Trinajstić information content (AvgIpc) is 2.66. The Hall–Kier alpha value is -2.05. The lowest BCUT2D eigenvalue weighted by Gasteiger charge is -2.18. The first kappa shape index (κ1) is 24.0. The summed E-state index contributed by atoms with van der Waals surface area (Å²) in [5, 5.41) is -0.987. The van der Waals surface area contributed by atoms with Crippen LogP contribution in [0.3, 0.4) is 0 Å². The van der Waals surface area contributed by atoms with Gasteiger partial charge in [-0.15, -0.1) is 0 Å². The molecule has 0 aliphatic carbocycles. The molecule has 0 saturated carbocycles. The lowest BCUT2D eigenvalue weighted by atomic mass is 9.96. The summed E-state index contributed by atoms with van der Waals surface area (Å²) in [5.41, 5.74) is 0.372. The Balaban J connectivity index is 0.00000190. The average molecular weight is 437 g/mol. The van der Waals surface area contributed by atoms with Gasteiger partial charge in [-0.25, -0.2) is 4.39 Å². The largest absolute Gasteiger partial charge is 0.496 e. The van der Waals surface area contributed by atoms with E-state index in [1.807, 2.05) is 13.8 Å². The first-order chi connectivity index (χ1) is 13.2. The van der Waals surface area contributed by atoms with E-state index < -0.39 is 28.0 Å². The summed E-state index contributed by atoms with van der Waals surface area (Å²) in [6.45, 7) is 4.00. The number of ether oxygens (including phenoxy) is 1. The molecule has 0 aliphatic heterocycles. The molecule has 152 valence electrons. The number of rotatable bonds is 5. The Morgan fingerprint density at radius 1 is 1.07 bits per heavy atom. The second-order valence-electron chi connectivity index (χ2n) is 5.30. The predicted octanol–water partition coefficient (Wildman–Crippen LogP) is 7.34. The van der Waals surface area contributed by atoms with Gasteiger partial charge in [0.15, 0.2) is 12.1 Å². The summed E-state index contributed by atoms with van der Waals surface area (Å²) in [7, 11) is 1.34. The SMILES string of the molecule is CC.COc1cc(/C=C/C(c2cc(Cl)c(F)c(Cl)c2)C(F)(F)F)ccc1C=O. The molecule has 0 heterocycles. The van der Waals surface area contributed by atoms with E-state index >= 15 is 0 Å². The smallest absolute Gasteiger partial charge is 0.399 e. The van der Waals surface area contributed by atoms with Gasteiger partial charge >= 0.3 is 6.18 Å². The molecule has 8 heteroatoms. The van der Waals surface area contributed by atoms with Crippen molar-refractivity contribution < 1.29 is 27.1 Å². The summed E-state index contributed by atoms with van der Waals surface area (Å²) >= 11 is 11.2. The fourth-order valence-electron chi connectivity index (χ4n) is 2.30. The molecule has 0 amide bonds. The fraction of sp³-hybridized carbons (Fsp3) is 0.250. The van der Waals surface area contributed by atoms with Crippen LogP contribution < -0.4 is 4.74 Å². The first-order valence-corrected chi connectivity index (χ1v) is 8.95. The monoisotopic (exact) mass is 436 g/mol. The van der Waals surface area contributed by atoms with E-state index in [2.05, 4.69) is 0 Å². The number of alkyl halides is 3. The molecule has 2 nitrogen and oxygen atoms in total. The molecule has 1 atom stereocenters. The molecule has 0 bridgehead atoms. The van der Waals surface area contributed by atoms with E-state index in [1.165, 1.54) is 31.4 Å². The fourth-order valence-corrected chi connectivity index (χ4v) is 2.80. The Labute approximate surface area is 170 Å². The Morgan fingerprint density at radius 2 is 1.64 bits per heavy atom. The van der Waals surface area contributed by atoms with Crippen molar-refractivity contribution >= 4 is 35.6 Å². The Bertz CT molecular complexity index is 826. The maximum atomic E-state index is 13.5. The van der Waals surface area contributed by atoms with Crippen LogP contribution in [0.25, 0.3) is 6.08 Å². The minimum Gasteiger partial charge on any atom is -0.496 e. The van der Waals surface area contributed by atoms with Crippen LogP contribution in [0.4, 0.5) is 17.6 Å². The van der Waals surface area contributed by atoms with Crippen LogP contribution >= 0.6 is 23.2 Å². The predicted molar refractivity (Wildman–Crippen MR) is 104 cm³/mol. The molecule has 28 heavy (non-hydrogen) atoms. The van der Waals surface area contributed by atoms with E-state index in [1.54, 1.807) is 0 Å². The van der Waals surface area contributed by atoms with Gasteiger partial charge in [0.1, 0.15) is 5.75 Å². The van der Waals surface area contributed by atoms with Gasteiger partial charge in [-0.05, 0) is 35.4 Å². The molecule has 1 unspecified atom stereocenters. The van der Waals surface area contributed by atoms with E-state index in [0.29, 0.717) is 11.8 Å². The number of benzene rings is 2. The molecular weight excluding hydrogens is 419 g/mol. The number of methoxy groups -OCH3 is 1. The quantitative estimate of drug-likeness (QED) is 0.278. The lowest BCUT2D eigenvalue weighted by molar-refractivity contribution is -0.139. The number of aldehydes is 1. The van der Waals surface area contributed by atoms with Crippen molar-refractivity contribution in [1.82, 2.24) is 0 Å². The summed E-state index contributed by atoms with van der Waals surface area (Å²) in [6.07, 6.45) is -1.95. The zero-order valence-electron chi connectivity index (χ0n) is 15.3. The summed E-state index contributed by atoms with van der Waals surface area (Å²) in [5.74, 6) is -2.79. The zero-order chi connectivity index (χ0) is 21.5. The molecule has 0 aromatic heterocycles. The molecule has 0 radical (unpaired) electrons. The standard InChI is InChI=1S/C18H12Cl2F4O2.C2H6/c1-26-16-6-10(2-4-11(16)9-25)3-5-13(18(22,23)24)12-7-14(19)17(21)15(20)8-12;1-2/h2-9,13H,1H3;1-2H3/b5-3+;. The van der Waals surface area contributed by atoms with Crippen LogP contribution in [-0.2, 0) is 0 Å². The van der Waals surface area contributed by atoms with Crippen molar-refractivity contribution in [2.24, 2.45) is 0 Å². The third-order valence-corrected chi connectivity index (χ3v) is 4.13. The van der Waals surface area contributed by atoms with Crippen LogP contribution in [0.1, 0.15) is 41.3 Å². The minimum absolute atomic E-state index is 0.235. The second kappa shape index (κ2) is 10.5. The van der Waals surface area contributed by atoms with Crippen molar-refractivity contribution in [2.45, 2.75) is 25.9 Å². The third kappa shape index (κ3) is 5.97. The van der Waals surface area contributed by atoms with Gasteiger partial charge in [0.25, 0.3) is 0 Å². The van der Waals surface area contributed by atoms with Crippen molar-refractivity contribution in [3.8, 4) is 5.75 Å². The second-order valence-corrected chi connectivity index (χ2v) is 6.11. The van der Waals surface area contributed by atoms with Gasteiger partial charge in [-0.2, -0.15) is 13.2 Å². The molecule has 0 spiro atoms. The zero-order valence-corrected chi connectivity index (χ0v) is 16.8. The topological polar surface area (TPSA) is 26.3 Å². The number of carbonyl (C=O) groups excluding carboxylic acids is 1. The van der Waals surface area contributed by atoms with Crippen molar-refractivity contribution in [1.29, 1.82) is 0 Å². The van der Waals surface area contributed by atoms with Gasteiger partial charge < -0.3 is 4.74 Å². The maximum absolute atomic E-state index is 13.5. The molecular formula is C20H18Cl2F4O2.